The summed E-state index contributed by atoms with van der Waals surface area (Å²) in [5.74, 6) is -0.0164. The van der Waals surface area contributed by atoms with E-state index in [1.165, 1.54) is 24.4 Å². The maximum Gasteiger partial charge on any atom is 0.263 e. The highest BCUT2D eigenvalue weighted by atomic mass is 79.9. The number of nitrogens with zero attached hydrogens (tertiary/aromatic N) is 3. The molecule has 0 spiro atoms. The first-order valence-electron chi connectivity index (χ1n) is 12.3. The fraction of sp³-hybridized carbons (Fsp3) is 0.222. The molecular weight excluding hydrogens is 587 g/mol. The summed E-state index contributed by atoms with van der Waals surface area (Å²) in [5, 5.41) is 3.37. The molecule has 1 aliphatic carbocycles. The van der Waals surface area contributed by atoms with Gasteiger partial charge >= 0.3 is 0 Å². The van der Waals surface area contributed by atoms with Crippen LogP contribution in [0.2, 0.25) is 0 Å². The predicted molar refractivity (Wildman–Crippen MR) is 151 cm³/mol. The summed E-state index contributed by atoms with van der Waals surface area (Å²) in [6.07, 6.45) is 8.56. The van der Waals surface area contributed by atoms with E-state index in [9.17, 15) is 8.42 Å². The third-order valence-electron chi connectivity index (χ3n) is 6.35. The lowest BCUT2D eigenvalue weighted by Gasteiger charge is -2.26. The average molecular weight is 614 g/mol. The van der Waals surface area contributed by atoms with Gasteiger partial charge in [-0.2, -0.15) is 0 Å². The summed E-state index contributed by atoms with van der Waals surface area (Å²) < 4.78 is 49.2. The zero-order valence-electron chi connectivity index (χ0n) is 20.7. The number of ether oxygens (including phenoxy) is 1. The molecule has 1 aliphatic rings. The Hall–Kier alpha value is -3.61. The second kappa shape index (κ2) is 11.6. The van der Waals surface area contributed by atoms with E-state index in [2.05, 4.69) is 40.9 Å². The molecule has 2 aromatic heterocycles. The number of benzene rings is 2. The normalized spacial score (nSPS) is 17.4. The van der Waals surface area contributed by atoms with Crippen molar-refractivity contribution < 1.29 is 17.5 Å². The van der Waals surface area contributed by atoms with Crippen LogP contribution in [0.3, 0.4) is 0 Å². The van der Waals surface area contributed by atoms with Crippen LogP contribution >= 0.6 is 15.9 Å². The Balaban J connectivity index is 1.34. The van der Waals surface area contributed by atoms with Gasteiger partial charge in [-0.05, 0) is 78.0 Å². The summed E-state index contributed by atoms with van der Waals surface area (Å²) in [4.78, 5) is 13.2. The number of aromatic nitrogens is 3. The smallest absolute Gasteiger partial charge is 0.263 e. The number of nitrogens with two attached hydrogens (primary N) is 1. The maximum absolute atomic E-state index is 15.0. The van der Waals surface area contributed by atoms with Gasteiger partial charge in [-0.1, -0.05) is 12.1 Å². The summed E-state index contributed by atoms with van der Waals surface area (Å²) in [7, 11) is -3.93. The van der Waals surface area contributed by atoms with Crippen LogP contribution in [0.15, 0.2) is 82.6 Å². The molecule has 1 fully saturated rings. The molecule has 39 heavy (non-hydrogen) atoms. The quantitative estimate of drug-likeness (QED) is 0.230. The van der Waals surface area contributed by atoms with Crippen LogP contribution in [-0.4, -0.2) is 35.5 Å². The molecule has 0 atom stereocenters. The van der Waals surface area contributed by atoms with Crippen molar-refractivity contribution in [3.8, 4) is 22.8 Å². The lowest BCUT2D eigenvalue weighted by atomic mass is 9.92. The van der Waals surface area contributed by atoms with Gasteiger partial charge in [-0.3, -0.25) is 9.71 Å². The average Bonchev–Trinajstić information content (AvgIpc) is 2.92. The van der Waals surface area contributed by atoms with Gasteiger partial charge in [-0.15, -0.1) is 0 Å². The van der Waals surface area contributed by atoms with E-state index in [1.54, 1.807) is 42.7 Å². The third-order valence-corrected chi connectivity index (χ3v) is 8.74. The van der Waals surface area contributed by atoms with Crippen molar-refractivity contribution in [2.45, 2.75) is 42.7 Å². The molecular formula is C27H26BrFN6O3S. The monoisotopic (exact) mass is 612 g/mol. The molecule has 0 bridgehead atoms. The van der Waals surface area contributed by atoms with E-state index in [0.717, 1.165) is 31.7 Å². The second-order valence-electron chi connectivity index (χ2n) is 9.18. The fourth-order valence-electron chi connectivity index (χ4n) is 4.33. The first-order valence-corrected chi connectivity index (χ1v) is 14.6. The van der Waals surface area contributed by atoms with Crippen LogP contribution in [0.4, 0.5) is 16.0 Å². The summed E-state index contributed by atoms with van der Waals surface area (Å²) in [5.41, 5.74) is 7.17. The minimum absolute atomic E-state index is 0.0398. The molecule has 0 amide bonds. The van der Waals surface area contributed by atoms with Gasteiger partial charge in [0.15, 0.2) is 11.6 Å². The first-order chi connectivity index (χ1) is 18.8. The van der Waals surface area contributed by atoms with E-state index in [0.29, 0.717) is 27.4 Å². The topological polar surface area (TPSA) is 132 Å². The van der Waals surface area contributed by atoms with Crippen molar-refractivity contribution in [3.05, 3.63) is 83.5 Å². The Morgan fingerprint density at radius 2 is 1.79 bits per heavy atom. The molecule has 202 valence electrons. The minimum atomic E-state index is -3.93. The van der Waals surface area contributed by atoms with Crippen LogP contribution in [0.5, 0.6) is 11.5 Å². The molecule has 12 heteroatoms. The van der Waals surface area contributed by atoms with Crippen molar-refractivity contribution in [1.29, 1.82) is 0 Å². The molecule has 9 nitrogen and oxygen atoms in total. The molecule has 2 aromatic carbocycles. The number of pyridine rings is 1. The summed E-state index contributed by atoms with van der Waals surface area (Å²) in [6, 6.07) is 14.0. The molecule has 1 saturated carbocycles. The van der Waals surface area contributed by atoms with Gasteiger partial charge in [0, 0.05) is 41.2 Å². The fourth-order valence-corrected chi connectivity index (χ4v) is 6.38. The van der Waals surface area contributed by atoms with Gasteiger partial charge in [0.25, 0.3) is 10.0 Å². The van der Waals surface area contributed by atoms with Crippen molar-refractivity contribution in [3.63, 3.8) is 0 Å². The molecule has 0 unspecified atom stereocenters. The predicted octanol–water partition coefficient (Wildman–Crippen LogP) is 5.72. The third kappa shape index (κ3) is 6.52. The second-order valence-corrected chi connectivity index (χ2v) is 11.7. The van der Waals surface area contributed by atoms with Gasteiger partial charge < -0.3 is 15.8 Å². The Labute approximate surface area is 234 Å². The number of anilines is 2. The molecule has 0 aliphatic heterocycles. The molecule has 4 aromatic rings. The highest BCUT2D eigenvalue weighted by molar-refractivity contribution is 9.10. The Kier molecular flexibility index (Phi) is 8.05. The zero-order valence-corrected chi connectivity index (χ0v) is 23.1. The van der Waals surface area contributed by atoms with Crippen LogP contribution < -0.4 is 20.5 Å². The van der Waals surface area contributed by atoms with E-state index >= 15 is 4.39 Å². The number of hydrogen-bond donors (Lipinski definition) is 3. The zero-order chi connectivity index (χ0) is 27.4. The van der Waals surface area contributed by atoms with Gasteiger partial charge in [0.05, 0.1) is 16.9 Å². The van der Waals surface area contributed by atoms with Crippen molar-refractivity contribution >= 4 is 37.6 Å². The largest absolute Gasteiger partial charge is 0.453 e. The highest BCUT2D eigenvalue weighted by Gasteiger charge is 2.21. The Morgan fingerprint density at radius 3 is 2.56 bits per heavy atom. The van der Waals surface area contributed by atoms with Crippen molar-refractivity contribution in [1.82, 2.24) is 15.0 Å². The Bertz CT molecular complexity index is 1580. The minimum Gasteiger partial charge on any atom is -0.453 e. The lowest BCUT2D eigenvalue weighted by Crippen LogP contribution is -2.33. The Morgan fingerprint density at radius 1 is 1.00 bits per heavy atom. The number of hydrogen-bond acceptors (Lipinski definition) is 8. The first kappa shape index (κ1) is 27.0. The highest BCUT2D eigenvalue weighted by Crippen LogP contribution is 2.34. The standard InChI is InChI=1S/C27H26BrFN6O3S/c28-21-3-1-2-4-26(21)39(36,37)35-19-9-10-25(22(29)15-19)38-24-12-13-31-16-20(24)23-11-14-32-27(34-23)33-18-7-5-17(30)6-8-18/h1-4,9-18,35H,5-8,30H2,(H,32,33,34). The molecule has 0 saturated heterocycles. The van der Waals surface area contributed by atoms with E-state index in [-0.39, 0.29) is 28.4 Å². The number of nitrogens with one attached hydrogen (secondary N) is 2. The molecule has 2 heterocycles. The SMILES string of the molecule is NC1CCC(Nc2nccc(-c3cnccc3Oc3ccc(NS(=O)(=O)c4ccccc4Br)cc3F)n2)CC1. The van der Waals surface area contributed by atoms with Crippen LogP contribution in [0.25, 0.3) is 11.3 Å². The van der Waals surface area contributed by atoms with Crippen LogP contribution in [-0.2, 0) is 10.0 Å². The number of halogens is 2. The lowest BCUT2D eigenvalue weighted by molar-refractivity contribution is 0.410. The number of rotatable bonds is 8. The van der Waals surface area contributed by atoms with Gasteiger partial charge in [0.1, 0.15) is 10.6 Å². The maximum atomic E-state index is 15.0. The van der Waals surface area contributed by atoms with E-state index in [4.69, 9.17) is 10.5 Å². The van der Waals surface area contributed by atoms with Gasteiger partial charge in [-0.25, -0.2) is 22.8 Å². The van der Waals surface area contributed by atoms with E-state index in [1.807, 2.05) is 0 Å². The van der Waals surface area contributed by atoms with Crippen LogP contribution in [0.1, 0.15) is 25.7 Å². The summed E-state index contributed by atoms with van der Waals surface area (Å²) in [6.45, 7) is 0. The van der Waals surface area contributed by atoms with Crippen molar-refractivity contribution in [2.75, 3.05) is 10.0 Å². The van der Waals surface area contributed by atoms with E-state index < -0.39 is 15.8 Å². The molecule has 5 rings (SSSR count). The van der Waals surface area contributed by atoms with Crippen molar-refractivity contribution in [2.24, 2.45) is 5.73 Å². The number of sulfonamides is 1. The molecule has 4 N–H and O–H groups in total. The summed E-state index contributed by atoms with van der Waals surface area (Å²) >= 11 is 3.23. The molecule has 0 radical (unpaired) electrons. The van der Waals surface area contributed by atoms with Gasteiger partial charge in [0.2, 0.25) is 5.95 Å². The van der Waals surface area contributed by atoms with Crippen LogP contribution in [0, 0.1) is 5.82 Å².